The van der Waals surface area contributed by atoms with Gasteiger partial charge in [-0.15, -0.1) is 0 Å². The van der Waals surface area contributed by atoms with Gasteiger partial charge in [0.05, 0.1) is 44.8 Å². The molecule has 0 unspecified atom stereocenters. The average Bonchev–Trinajstić information content (AvgIpc) is 3.14. The second-order valence-electron chi connectivity index (χ2n) is 7.67. The van der Waals surface area contributed by atoms with Crippen molar-refractivity contribution in [3.05, 3.63) is 89.8 Å². The van der Waals surface area contributed by atoms with E-state index in [1.807, 2.05) is 22.6 Å². The van der Waals surface area contributed by atoms with Crippen LogP contribution in [0.15, 0.2) is 59.5 Å². The molecule has 0 atom stereocenters. The summed E-state index contributed by atoms with van der Waals surface area (Å²) in [5.74, 6) is 0.179. The Hall–Kier alpha value is -2.73. The third-order valence-electron chi connectivity index (χ3n) is 5.27. The number of carbonyl (C=O) groups is 3. The van der Waals surface area contributed by atoms with E-state index in [4.69, 9.17) is 37.4 Å². The fourth-order valence-electron chi connectivity index (χ4n) is 3.41. The quantitative estimate of drug-likeness (QED) is 0.115. The standard InChI is InChI=1S/C26H18Cl2INO6S/c1-34-17-6-4-16(5-7-17)25(32)36-23-20(29)10-15(11-21(23)35-2)12-22-24(31)30(26(33)37-22)13-14-3-8-18(27)19(28)9-14/h3-12H,13H2,1-2H3/b22-12-. The molecule has 2 amide bonds. The largest absolute Gasteiger partial charge is 0.497 e. The van der Waals surface area contributed by atoms with Gasteiger partial charge in [-0.05, 0) is 100 Å². The molecular formula is C26H18Cl2INO6S. The topological polar surface area (TPSA) is 82.1 Å². The van der Waals surface area contributed by atoms with E-state index in [9.17, 15) is 14.4 Å². The van der Waals surface area contributed by atoms with Gasteiger partial charge in [0.2, 0.25) is 0 Å². The van der Waals surface area contributed by atoms with Crippen LogP contribution in [0, 0.1) is 3.57 Å². The Morgan fingerprint density at radius 1 is 1.00 bits per heavy atom. The van der Waals surface area contributed by atoms with Crippen LogP contribution in [0.5, 0.6) is 17.2 Å². The zero-order valence-electron chi connectivity index (χ0n) is 19.4. The van der Waals surface area contributed by atoms with E-state index in [0.29, 0.717) is 41.8 Å². The SMILES string of the molecule is COc1ccc(C(=O)Oc2c(I)cc(/C=C3\SC(=O)N(Cc4ccc(Cl)c(Cl)c4)C3=O)cc2OC)cc1. The number of nitrogens with zero attached hydrogens (tertiary/aromatic N) is 1. The van der Waals surface area contributed by atoms with E-state index in [1.54, 1.807) is 60.7 Å². The fraction of sp³-hybridized carbons (Fsp3) is 0.115. The predicted molar refractivity (Wildman–Crippen MR) is 152 cm³/mol. The maximum Gasteiger partial charge on any atom is 0.343 e. The molecule has 7 nitrogen and oxygen atoms in total. The number of ether oxygens (including phenoxy) is 3. The highest BCUT2D eigenvalue weighted by molar-refractivity contribution is 14.1. The number of methoxy groups -OCH3 is 2. The van der Waals surface area contributed by atoms with Gasteiger partial charge in [0.25, 0.3) is 11.1 Å². The van der Waals surface area contributed by atoms with Crippen LogP contribution >= 0.6 is 57.6 Å². The number of thioether (sulfide) groups is 1. The molecule has 1 aliphatic heterocycles. The third-order valence-corrected chi connectivity index (χ3v) is 7.72. The molecule has 37 heavy (non-hydrogen) atoms. The molecule has 3 aromatic rings. The first-order valence-corrected chi connectivity index (χ1v) is 13.3. The van der Waals surface area contributed by atoms with Crippen molar-refractivity contribution in [2.24, 2.45) is 0 Å². The van der Waals surface area contributed by atoms with Crippen molar-refractivity contribution in [3.63, 3.8) is 0 Å². The van der Waals surface area contributed by atoms with E-state index in [2.05, 4.69) is 0 Å². The molecule has 1 heterocycles. The van der Waals surface area contributed by atoms with Crippen molar-refractivity contribution in [2.75, 3.05) is 14.2 Å². The van der Waals surface area contributed by atoms with Gasteiger partial charge in [-0.3, -0.25) is 14.5 Å². The number of hydrogen-bond acceptors (Lipinski definition) is 7. The first-order valence-electron chi connectivity index (χ1n) is 10.6. The minimum Gasteiger partial charge on any atom is -0.497 e. The molecule has 0 aliphatic carbocycles. The Morgan fingerprint density at radius 3 is 2.38 bits per heavy atom. The number of carbonyl (C=O) groups excluding carboxylic acids is 3. The number of amides is 2. The highest BCUT2D eigenvalue weighted by Crippen LogP contribution is 2.38. The number of imide groups is 1. The first kappa shape index (κ1) is 27.3. The molecule has 11 heteroatoms. The second kappa shape index (κ2) is 11.8. The van der Waals surface area contributed by atoms with E-state index >= 15 is 0 Å². The van der Waals surface area contributed by atoms with Crippen LogP contribution in [0.4, 0.5) is 4.79 Å². The van der Waals surface area contributed by atoms with Crippen LogP contribution < -0.4 is 14.2 Å². The summed E-state index contributed by atoms with van der Waals surface area (Å²) in [6, 6.07) is 14.8. The van der Waals surface area contributed by atoms with Gasteiger partial charge >= 0.3 is 5.97 Å². The van der Waals surface area contributed by atoms with Crippen LogP contribution in [-0.4, -0.2) is 36.2 Å². The summed E-state index contributed by atoms with van der Waals surface area (Å²) in [4.78, 5) is 39.6. The van der Waals surface area contributed by atoms with Gasteiger partial charge in [-0.25, -0.2) is 4.79 Å². The van der Waals surface area contributed by atoms with Gasteiger partial charge in [-0.2, -0.15) is 0 Å². The van der Waals surface area contributed by atoms with E-state index in [0.717, 1.165) is 16.7 Å². The van der Waals surface area contributed by atoms with Crippen molar-refractivity contribution >= 4 is 80.7 Å². The maximum atomic E-state index is 13.0. The lowest BCUT2D eigenvalue weighted by molar-refractivity contribution is -0.123. The summed E-state index contributed by atoms with van der Waals surface area (Å²) < 4.78 is 16.7. The van der Waals surface area contributed by atoms with Crippen molar-refractivity contribution < 1.29 is 28.6 Å². The number of hydrogen-bond donors (Lipinski definition) is 0. The van der Waals surface area contributed by atoms with E-state index < -0.39 is 17.1 Å². The minimum absolute atomic E-state index is 0.0694. The second-order valence-corrected chi connectivity index (χ2v) is 10.6. The summed E-state index contributed by atoms with van der Waals surface area (Å²) in [7, 11) is 2.99. The summed E-state index contributed by atoms with van der Waals surface area (Å²) in [5, 5.41) is 0.339. The molecule has 0 bridgehead atoms. The highest BCUT2D eigenvalue weighted by atomic mass is 127. The zero-order valence-corrected chi connectivity index (χ0v) is 23.9. The van der Waals surface area contributed by atoms with Crippen molar-refractivity contribution in [3.8, 4) is 17.2 Å². The molecule has 1 aliphatic rings. The summed E-state index contributed by atoms with van der Waals surface area (Å²) >= 11 is 14.9. The van der Waals surface area contributed by atoms with E-state index in [1.165, 1.54) is 14.2 Å². The van der Waals surface area contributed by atoms with E-state index in [-0.39, 0.29) is 17.2 Å². The number of esters is 1. The van der Waals surface area contributed by atoms with Crippen LogP contribution in [-0.2, 0) is 11.3 Å². The van der Waals surface area contributed by atoms with Crippen molar-refractivity contribution in [2.45, 2.75) is 6.54 Å². The molecule has 0 spiro atoms. The van der Waals surface area contributed by atoms with Crippen LogP contribution in [0.3, 0.4) is 0 Å². The fourth-order valence-corrected chi connectivity index (χ4v) is 5.30. The molecule has 3 aromatic carbocycles. The maximum absolute atomic E-state index is 13.0. The molecule has 0 N–H and O–H groups in total. The zero-order chi connectivity index (χ0) is 26.7. The molecule has 0 radical (unpaired) electrons. The van der Waals surface area contributed by atoms with Crippen molar-refractivity contribution in [1.82, 2.24) is 4.90 Å². The smallest absolute Gasteiger partial charge is 0.343 e. The van der Waals surface area contributed by atoms with Gasteiger partial charge in [0.15, 0.2) is 11.5 Å². The molecule has 0 aromatic heterocycles. The van der Waals surface area contributed by atoms with Gasteiger partial charge in [-0.1, -0.05) is 29.3 Å². The lowest BCUT2D eigenvalue weighted by Crippen LogP contribution is -2.27. The lowest BCUT2D eigenvalue weighted by Gasteiger charge is -2.13. The molecule has 1 fully saturated rings. The Kier molecular flexibility index (Phi) is 8.68. The lowest BCUT2D eigenvalue weighted by atomic mass is 10.1. The molecular weight excluding hydrogens is 652 g/mol. The minimum atomic E-state index is -0.560. The highest BCUT2D eigenvalue weighted by Gasteiger charge is 2.35. The average molecular weight is 670 g/mol. The monoisotopic (exact) mass is 669 g/mol. The number of halogens is 3. The van der Waals surface area contributed by atoms with Gasteiger partial charge in [0.1, 0.15) is 5.75 Å². The summed E-state index contributed by atoms with van der Waals surface area (Å²) in [6.45, 7) is 0.0694. The Bertz CT molecular complexity index is 1430. The predicted octanol–water partition coefficient (Wildman–Crippen LogP) is 7.07. The Labute approximate surface area is 240 Å². The first-order chi connectivity index (χ1) is 17.7. The Balaban J connectivity index is 1.54. The summed E-state index contributed by atoms with van der Waals surface area (Å²) in [6.07, 6.45) is 1.60. The Morgan fingerprint density at radius 2 is 1.73 bits per heavy atom. The third kappa shape index (κ3) is 6.23. The van der Waals surface area contributed by atoms with Crippen LogP contribution in [0.25, 0.3) is 6.08 Å². The summed E-state index contributed by atoms with van der Waals surface area (Å²) in [5.41, 5.74) is 1.63. The normalized spacial score (nSPS) is 14.3. The molecule has 0 saturated carbocycles. The number of benzene rings is 3. The molecule has 1 saturated heterocycles. The van der Waals surface area contributed by atoms with Crippen LogP contribution in [0.2, 0.25) is 10.0 Å². The van der Waals surface area contributed by atoms with Gasteiger partial charge in [0, 0.05) is 0 Å². The van der Waals surface area contributed by atoms with Gasteiger partial charge < -0.3 is 14.2 Å². The molecule has 4 rings (SSSR count). The number of rotatable bonds is 7. The van der Waals surface area contributed by atoms with Crippen LogP contribution in [0.1, 0.15) is 21.5 Å². The molecule has 190 valence electrons. The van der Waals surface area contributed by atoms with Crippen molar-refractivity contribution in [1.29, 1.82) is 0 Å².